The molecule has 0 spiro atoms. The number of nitrogens with one attached hydrogen (secondary N) is 2. The van der Waals surface area contributed by atoms with E-state index in [1.807, 2.05) is 0 Å². The maximum atomic E-state index is 14.8. The molecule has 194 valence electrons. The van der Waals surface area contributed by atoms with Crippen molar-refractivity contribution in [3.8, 4) is 5.75 Å². The molecule has 1 fully saturated rings. The van der Waals surface area contributed by atoms with Crippen molar-refractivity contribution >= 4 is 26.8 Å². The molecule has 0 bridgehead atoms. The predicted molar refractivity (Wildman–Crippen MR) is 124 cm³/mol. The molecular formula is C22H31FN3O8P. The lowest BCUT2D eigenvalue weighted by Crippen LogP contribution is -2.39. The zero-order chi connectivity index (χ0) is 26.0. The van der Waals surface area contributed by atoms with Crippen LogP contribution < -0.4 is 14.9 Å². The van der Waals surface area contributed by atoms with Crippen LogP contribution >= 0.6 is 8.53 Å². The summed E-state index contributed by atoms with van der Waals surface area (Å²) in [5, 5.41) is 15.5. The number of ether oxygens (including phenoxy) is 2. The number of carbonyl (C=O) groups excluding carboxylic acids is 3. The number of esters is 1. The topological polar surface area (TPSA) is 136 Å². The van der Waals surface area contributed by atoms with Crippen LogP contribution in [-0.2, 0) is 28.4 Å². The van der Waals surface area contributed by atoms with E-state index in [1.54, 1.807) is 44.2 Å². The number of nitrogens with zero attached hydrogens (tertiary/aromatic N) is 1. The van der Waals surface area contributed by atoms with Gasteiger partial charge in [-0.15, -0.1) is 0 Å². The van der Waals surface area contributed by atoms with Crippen LogP contribution in [0.3, 0.4) is 0 Å². The number of likely N-dealkylation sites (N-methyl/N-ethyl adjacent to an activating group) is 1. The lowest BCUT2D eigenvalue weighted by Gasteiger charge is -2.23. The summed E-state index contributed by atoms with van der Waals surface area (Å²) in [6.07, 6.45) is -5.06. The Morgan fingerprint density at radius 2 is 2.00 bits per heavy atom. The molecule has 0 saturated carbocycles. The minimum Gasteiger partial charge on any atom is -0.462 e. The fourth-order valence-electron chi connectivity index (χ4n) is 2.98. The minimum atomic E-state index is -1.96. The molecular weight excluding hydrogens is 484 g/mol. The Kier molecular flexibility index (Phi) is 11.5. The molecule has 35 heavy (non-hydrogen) atoms. The van der Waals surface area contributed by atoms with Crippen molar-refractivity contribution in [3.63, 3.8) is 0 Å². The van der Waals surface area contributed by atoms with Crippen molar-refractivity contribution in [3.05, 3.63) is 42.1 Å². The third-order valence-electron chi connectivity index (χ3n) is 4.64. The number of halogens is 1. The number of benzene rings is 1. The summed E-state index contributed by atoms with van der Waals surface area (Å²) in [6, 6.07) is 8.67. The quantitative estimate of drug-likeness (QED) is 0.154. The second-order valence-electron chi connectivity index (χ2n) is 7.77. The highest BCUT2D eigenvalue weighted by Gasteiger charge is 2.47. The molecule has 1 heterocycles. The monoisotopic (exact) mass is 515 g/mol. The van der Waals surface area contributed by atoms with Crippen molar-refractivity contribution < 1.29 is 42.4 Å². The molecule has 1 aromatic carbocycles. The van der Waals surface area contributed by atoms with Gasteiger partial charge in [-0.3, -0.25) is 19.3 Å². The molecule has 11 nitrogen and oxygen atoms in total. The zero-order valence-electron chi connectivity index (χ0n) is 19.9. The summed E-state index contributed by atoms with van der Waals surface area (Å²) in [7, 11) is -0.499. The SMILES string of the molecule is CNC(=O)/C(C)=C\N(C=O)C1OC(COP(NCC(=O)OC(C)C)Oc2ccccc2)C(O)C1F. The van der Waals surface area contributed by atoms with Crippen molar-refractivity contribution in [1.29, 1.82) is 0 Å². The van der Waals surface area contributed by atoms with Gasteiger partial charge in [0.2, 0.25) is 12.3 Å². The van der Waals surface area contributed by atoms with Gasteiger partial charge in [0.1, 0.15) is 24.5 Å². The van der Waals surface area contributed by atoms with E-state index in [1.165, 1.54) is 14.0 Å². The number of hydrogen-bond acceptors (Lipinski definition) is 9. The van der Waals surface area contributed by atoms with Crippen LogP contribution in [-0.4, -0.2) is 79.2 Å². The average molecular weight is 515 g/mol. The van der Waals surface area contributed by atoms with Gasteiger partial charge >= 0.3 is 14.5 Å². The van der Waals surface area contributed by atoms with Crippen LogP contribution in [0.4, 0.5) is 4.39 Å². The number of rotatable bonds is 13. The van der Waals surface area contributed by atoms with Crippen molar-refractivity contribution in [2.45, 2.75) is 51.5 Å². The Labute approximate surface area is 204 Å². The summed E-state index contributed by atoms with van der Waals surface area (Å²) in [6.45, 7) is 4.36. The Bertz CT molecular complexity index is 876. The summed E-state index contributed by atoms with van der Waals surface area (Å²) in [4.78, 5) is 36.0. The van der Waals surface area contributed by atoms with Gasteiger partial charge in [0.25, 0.3) is 0 Å². The van der Waals surface area contributed by atoms with E-state index in [4.69, 9.17) is 18.5 Å². The highest BCUT2D eigenvalue weighted by Crippen LogP contribution is 2.37. The van der Waals surface area contributed by atoms with Gasteiger partial charge in [0.05, 0.1) is 12.7 Å². The van der Waals surface area contributed by atoms with E-state index in [-0.39, 0.29) is 24.8 Å². The zero-order valence-corrected chi connectivity index (χ0v) is 20.8. The lowest BCUT2D eigenvalue weighted by atomic mass is 10.1. The largest absolute Gasteiger partial charge is 0.462 e. The molecule has 5 unspecified atom stereocenters. The molecule has 5 atom stereocenters. The third-order valence-corrected chi connectivity index (χ3v) is 5.82. The molecule has 1 saturated heterocycles. The van der Waals surface area contributed by atoms with Crippen molar-refractivity contribution in [1.82, 2.24) is 15.3 Å². The van der Waals surface area contributed by atoms with Gasteiger partial charge in [-0.2, -0.15) is 0 Å². The molecule has 0 radical (unpaired) electrons. The molecule has 1 aliphatic heterocycles. The number of amides is 2. The van der Waals surface area contributed by atoms with Crippen LogP contribution in [0, 0.1) is 0 Å². The van der Waals surface area contributed by atoms with E-state index in [2.05, 4.69) is 10.4 Å². The van der Waals surface area contributed by atoms with E-state index < -0.39 is 45.0 Å². The van der Waals surface area contributed by atoms with E-state index in [0.29, 0.717) is 12.2 Å². The molecule has 3 N–H and O–H groups in total. The standard InChI is InChI=1S/C22H31FN3O8P/c1-14(2)32-18(28)10-25-35(34-16-8-6-5-7-9-16)31-12-17-20(29)19(23)22(33-17)26(13-27)11-15(3)21(30)24-4/h5-9,11,13-14,17,19-20,22,25,29H,10,12H2,1-4H3,(H,24,30)/b15-11-. The van der Waals surface area contributed by atoms with Crippen LogP contribution in [0.15, 0.2) is 42.1 Å². The number of hydrogen-bond donors (Lipinski definition) is 3. The van der Waals surface area contributed by atoms with Gasteiger partial charge in [-0.05, 0) is 32.9 Å². The second-order valence-corrected chi connectivity index (χ2v) is 9.05. The molecule has 0 aromatic heterocycles. The van der Waals surface area contributed by atoms with Gasteiger partial charge < -0.3 is 28.9 Å². The Hall–Kier alpha value is -2.63. The van der Waals surface area contributed by atoms with Gasteiger partial charge in [-0.1, -0.05) is 18.2 Å². The number of alkyl halides is 1. The van der Waals surface area contributed by atoms with Crippen LogP contribution in [0.25, 0.3) is 0 Å². The van der Waals surface area contributed by atoms with Crippen LogP contribution in [0.2, 0.25) is 0 Å². The first-order valence-electron chi connectivity index (χ1n) is 10.9. The third kappa shape index (κ3) is 8.83. The highest BCUT2D eigenvalue weighted by molar-refractivity contribution is 7.45. The van der Waals surface area contributed by atoms with E-state index >= 15 is 0 Å². The van der Waals surface area contributed by atoms with Crippen molar-refractivity contribution in [2.24, 2.45) is 0 Å². The molecule has 2 rings (SSSR count). The molecule has 2 amide bonds. The Morgan fingerprint density at radius 3 is 2.60 bits per heavy atom. The van der Waals surface area contributed by atoms with E-state index in [9.17, 15) is 23.9 Å². The molecule has 0 aliphatic carbocycles. The fraction of sp³-hybridized carbons (Fsp3) is 0.500. The summed E-state index contributed by atoms with van der Waals surface area (Å²) < 4.78 is 36.8. The van der Waals surface area contributed by atoms with Crippen molar-refractivity contribution in [2.75, 3.05) is 20.2 Å². The molecule has 1 aliphatic rings. The second kappa shape index (κ2) is 14.1. The van der Waals surface area contributed by atoms with Gasteiger partial charge in [0, 0.05) is 18.8 Å². The Morgan fingerprint density at radius 1 is 1.31 bits per heavy atom. The first kappa shape index (κ1) is 28.6. The highest BCUT2D eigenvalue weighted by atomic mass is 31.2. The fourth-order valence-corrected chi connectivity index (χ4v) is 4.04. The number of aliphatic hydroxyl groups is 1. The Balaban J connectivity index is 2.05. The average Bonchev–Trinajstić information content (AvgIpc) is 3.12. The maximum Gasteiger partial charge on any atom is 0.320 e. The number of para-hydroxylation sites is 1. The number of carbonyl (C=O) groups is 3. The molecule has 13 heteroatoms. The van der Waals surface area contributed by atoms with Crippen LogP contribution in [0.5, 0.6) is 5.75 Å². The first-order valence-corrected chi connectivity index (χ1v) is 12.0. The van der Waals surface area contributed by atoms with Crippen LogP contribution in [0.1, 0.15) is 20.8 Å². The van der Waals surface area contributed by atoms with Gasteiger partial charge in [0.15, 0.2) is 12.4 Å². The lowest BCUT2D eigenvalue weighted by molar-refractivity contribution is -0.145. The smallest absolute Gasteiger partial charge is 0.320 e. The maximum absolute atomic E-state index is 14.8. The summed E-state index contributed by atoms with van der Waals surface area (Å²) in [5.41, 5.74) is 0.141. The van der Waals surface area contributed by atoms with Gasteiger partial charge in [-0.25, -0.2) is 9.48 Å². The summed E-state index contributed by atoms with van der Waals surface area (Å²) in [5.74, 6) is -0.524. The normalized spacial score (nSPS) is 23.0. The first-order chi connectivity index (χ1) is 16.7. The minimum absolute atomic E-state index is 0.141. The molecule has 1 aromatic rings. The summed E-state index contributed by atoms with van der Waals surface area (Å²) >= 11 is 0. The van der Waals surface area contributed by atoms with E-state index in [0.717, 1.165) is 11.1 Å². The predicted octanol–water partition coefficient (Wildman–Crippen LogP) is 1.38. The number of aliphatic hydroxyl groups excluding tert-OH is 1.